The summed E-state index contributed by atoms with van der Waals surface area (Å²) in [6, 6.07) is 12.7. The molecule has 0 unspecified atom stereocenters. The standard InChI is InChI=1S/C16H15N3O2/c17-11-14-3-1-2-4-15(14)21-12-16(20)19-10-7-13-5-8-18-9-6-13/h1-6,8-9H,7,10,12H2,(H,19,20). The van der Waals surface area contributed by atoms with Crippen molar-refractivity contribution in [3.8, 4) is 11.8 Å². The van der Waals surface area contributed by atoms with E-state index < -0.39 is 0 Å². The number of hydrogen-bond acceptors (Lipinski definition) is 4. The molecule has 1 N–H and O–H groups in total. The third-order valence-electron chi connectivity index (χ3n) is 2.85. The summed E-state index contributed by atoms with van der Waals surface area (Å²) < 4.78 is 5.35. The first-order valence-corrected chi connectivity index (χ1v) is 6.57. The van der Waals surface area contributed by atoms with Gasteiger partial charge in [-0.05, 0) is 36.2 Å². The molecule has 1 aromatic carbocycles. The molecule has 0 radical (unpaired) electrons. The SMILES string of the molecule is N#Cc1ccccc1OCC(=O)NCCc1ccncc1. The number of rotatable bonds is 6. The first-order valence-electron chi connectivity index (χ1n) is 6.57. The summed E-state index contributed by atoms with van der Waals surface area (Å²) >= 11 is 0. The van der Waals surface area contributed by atoms with Gasteiger partial charge in [0.05, 0.1) is 5.56 Å². The van der Waals surface area contributed by atoms with Crippen molar-refractivity contribution in [3.63, 3.8) is 0 Å². The molecule has 21 heavy (non-hydrogen) atoms. The number of hydrogen-bond donors (Lipinski definition) is 1. The quantitative estimate of drug-likeness (QED) is 0.874. The Morgan fingerprint density at radius 1 is 1.24 bits per heavy atom. The number of pyridine rings is 1. The Kier molecular flexibility index (Phi) is 5.30. The van der Waals surface area contributed by atoms with E-state index in [-0.39, 0.29) is 12.5 Å². The fourth-order valence-electron chi connectivity index (χ4n) is 1.77. The minimum atomic E-state index is -0.211. The fourth-order valence-corrected chi connectivity index (χ4v) is 1.77. The van der Waals surface area contributed by atoms with E-state index >= 15 is 0 Å². The Bertz CT molecular complexity index is 635. The highest BCUT2D eigenvalue weighted by atomic mass is 16.5. The van der Waals surface area contributed by atoms with E-state index in [1.165, 1.54) is 0 Å². The number of carbonyl (C=O) groups excluding carboxylic acids is 1. The van der Waals surface area contributed by atoms with Crippen LogP contribution in [0.1, 0.15) is 11.1 Å². The Hall–Kier alpha value is -2.87. The zero-order valence-electron chi connectivity index (χ0n) is 11.5. The zero-order chi connectivity index (χ0) is 14.9. The monoisotopic (exact) mass is 281 g/mol. The Balaban J connectivity index is 1.74. The minimum Gasteiger partial charge on any atom is -0.482 e. The molecule has 106 valence electrons. The number of aromatic nitrogens is 1. The van der Waals surface area contributed by atoms with E-state index in [0.717, 1.165) is 12.0 Å². The number of nitrogens with zero attached hydrogens (tertiary/aromatic N) is 2. The van der Waals surface area contributed by atoms with Crippen LogP contribution in [-0.4, -0.2) is 24.0 Å². The molecule has 1 amide bonds. The van der Waals surface area contributed by atoms with E-state index in [4.69, 9.17) is 10.00 Å². The van der Waals surface area contributed by atoms with Gasteiger partial charge in [-0.1, -0.05) is 12.1 Å². The molecule has 2 aromatic rings. The molecule has 5 nitrogen and oxygen atoms in total. The summed E-state index contributed by atoms with van der Waals surface area (Å²) in [5.74, 6) is 0.209. The molecule has 1 heterocycles. The number of amides is 1. The van der Waals surface area contributed by atoms with Gasteiger partial charge in [-0.3, -0.25) is 9.78 Å². The lowest BCUT2D eigenvalue weighted by Gasteiger charge is -2.08. The van der Waals surface area contributed by atoms with Crippen LogP contribution in [-0.2, 0) is 11.2 Å². The van der Waals surface area contributed by atoms with Gasteiger partial charge < -0.3 is 10.1 Å². The number of para-hydroxylation sites is 1. The predicted octanol–water partition coefficient (Wildman–Crippen LogP) is 1.69. The average Bonchev–Trinajstić information content (AvgIpc) is 2.54. The molecular weight excluding hydrogens is 266 g/mol. The van der Waals surface area contributed by atoms with Crippen molar-refractivity contribution in [3.05, 3.63) is 59.9 Å². The lowest BCUT2D eigenvalue weighted by Crippen LogP contribution is -2.30. The summed E-state index contributed by atoms with van der Waals surface area (Å²) in [5.41, 5.74) is 1.53. The van der Waals surface area contributed by atoms with Crippen molar-refractivity contribution >= 4 is 5.91 Å². The molecule has 0 aliphatic heterocycles. The van der Waals surface area contributed by atoms with E-state index in [0.29, 0.717) is 17.9 Å². The van der Waals surface area contributed by atoms with Gasteiger partial charge in [-0.25, -0.2) is 0 Å². The summed E-state index contributed by atoms with van der Waals surface area (Å²) in [6.45, 7) is 0.432. The van der Waals surface area contributed by atoms with Crippen LogP contribution < -0.4 is 10.1 Å². The van der Waals surface area contributed by atoms with Crippen molar-refractivity contribution in [2.45, 2.75) is 6.42 Å². The van der Waals surface area contributed by atoms with Crippen LogP contribution in [0.4, 0.5) is 0 Å². The molecule has 0 aliphatic carbocycles. The molecule has 1 aromatic heterocycles. The molecule has 2 rings (SSSR count). The maximum Gasteiger partial charge on any atom is 0.257 e. The highest BCUT2D eigenvalue weighted by Crippen LogP contribution is 2.16. The van der Waals surface area contributed by atoms with Gasteiger partial charge in [0.1, 0.15) is 11.8 Å². The number of benzene rings is 1. The molecule has 0 atom stereocenters. The Morgan fingerprint density at radius 2 is 2.00 bits per heavy atom. The summed E-state index contributed by atoms with van der Waals surface area (Å²) in [7, 11) is 0. The van der Waals surface area contributed by atoms with Crippen LogP contribution in [0.5, 0.6) is 5.75 Å². The van der Waals surface area contributed by atoms with E-state index in [1.807, 2.05) is 18.2 Å². The number of carbonyl (C=O) groups is 1. The van der Waals surface area contributed by atoms with Crippen LogP contribution in [0.3, 0.4) is 0 Å². The lowest BCUT2D eigenvalue weighted by atomic mass is 10.2. The first kappa shape index (κ1) is 14.5. The van der Waals surface area contributed by atoms with Crippen molar-refractivity contribution in [1.82, 2.24) is 10.3 Å². The third kappa shape index (κ3) is 4.62. The summed E-state index contributed by atoms with van der Waals surface area (Å²) in [4.78, 5) is 15.6. The number of nitriles is 1. The number of nitrogens with one attached hydrogen (secondary N) is 1. The van der Waals surface area contributed by atoms with Crippen LogP contribution in [0, 0.1) is 11.3 Å². The maximum absolute atomic E-state index is 11.7. The molecule has 0 saturated heterocycles. The van der Waals surface area contributed by atoms with Gasteiger partial charge in [-0.15, -0.1) is 0 Å². The second-order valence-electron chi connectivity index (χ2n) is 4.35. The Morgan fingerprint density at radius 3 is 2.76 bits per heavy atom. The van der Waals surface area contributed by atoms with Crippen molar-refractivity contribution in [1.29, 1.82) is 5.26 Å². The van der Waals surface area contributed by atoms with Gasteiger partial charge in [0.15, 0.2) is 6.61 Å². The van der Waals surface area contributed by atoms with E-state index in [1.54, 1.807) is 36.7 Å². The van der Waals surface area contributed by atoms with Gasteiger partial charge in [0.25, 0.3) is 5.91 Å². The summed E-state index contributed by atoms with van der Waals surface area (Å²) in [5, 5.41) is 11.7. The Labute approximate surface area is 123 Å². The third-order valence-corrected chi connectivity index (χ3v) is 2.85. The molecule has 0 spiro atoms. The van der Waals surface area contributed by atoms with Crippen molar-refractivity contribution < 1.29 is 9.53 Å². The molecule has 0 saturated carbocycles. The topological polar surface area (TPSA) is 75.0 Å². The minimum absolute atomic E-state index is 0.102. The highest BCUT2D eigenvalue weighted by molar-refractivity contribution is 5.77. The van der Waals surface area contributed by atoms with Crippen LogP contribution >= 0.6 is 0 Å². The van der Waals surface area contributed by atoms with Gasteiger partial charge in [0.2, 0.25) is 0 Å². The highest BCUT2D eigenvalue weighted by Gasteiger charge is 2.05. The van der Waals surface area contributed by atoms with Gasteiger partial charge in [-0.2, -0.15) is 5.26 Å². The van der Waals surface area contributed by atoms with Crippen LogP contribution in [0.25, 0.3) is 0 Å². The van der Waals surface area contributed by atoms with E-state index in [9.17, 15) is 4.79 Å². The summed E-state index contributed by atoms with van der Waals surface area (Å²) in [6.07, 6.45) is 4.18. The second-order valence-corrected chi connectivity index (χ2v) is 4.35. The molecular formula is C16H15N3O2. The first-order chi connectivity index (χ1) is 10.3. The van der Waals surface area contributed by atoms with Gasteiger partial charge >= 0.3 is 0 Å². The second kappa shape index (κ2) is 7.65. The predicted molar refractivity (Wildman–Crippen MR) is 77.6 cm³/mol. The fraction of sp³-hybridized carbons (Fsp3) is 0.188. The average molecular weight is 281 g/mol. The van der Waals surface area contributed by atoms with Crippen molar-refractivity contribution in [2.75, 3.05) is 13.2 Å². The molecule has 0 aliphatic rings. The maximum atomic E-state index is 11.7. The normalized spacial score (nSPS) is 9.67. The van der Waals surface area contributed by atoms with Crippen molar-refractivity contribution in [2.24, 2.45) is 0 Å². The van der Waals surface area contributed by atoms with Gasteiger partial charge in [0, 0.05) is 18.9 Å². The molecule has 0 fully saturated rings. The van der Waals surface area contributed by atoms with Crippen LogP contribution in [0.15, 0.2) is 48.8 Å². The smallest absolute Gasteiger partial charge is 0.257 e. The largest absolute Gasteiger partial charge is 0.482 e. The number of ether oxygens (including phenoxy) is 1. The lowest BCUT2D eigenvalue weighted by molar-refractivity contribution is -0.123. The van der Waals surface area contributed by atoms with Crippen LogP contribution in [0.2, 0.25) is 0 Å². The van der Waals surface area contributed by atoms with E-state index in [2.05, 4.69) is 10.3 Å². The molecule has 5 heteroatoms. The zero-order valence-corrected chi connectivity index (χ0v) is 11.5. The molecule has 0 bridgehead atoms.